The molecule has 7 heteroatoms. The van der Waals surface area contributed by atoms with Gasteiger partial charge in [0.05, 0.1) is 11.0 Å². The van der Waals surface area contributed by atoms with Crippen LogP contribution in [0.15, 0.2) is 23.8 Å². The molecule has 0 aromatic heterocycles. The third-order valence-corrected chi connectivity index (χ3v) is 11.6. The van der Waals surface area contributed by atoms with Crippen molar-refractivity contribution in [3.8, 4) is 11.5 Å². The van der Waals surface area contributed by atoms with Gasteiger partial charge in [0.1, 0.15) is 6.10 Å². The van der Waals surface area contributed by atoms with Gasteiger partial charge in [0.2, 0.25) is 5.91 Å². The van der Waals surface area contributed by atoms with Crippen molar-refractivity contribution in [3.05, 3.63) is 34.9 Å². The molecule has 3 heterocycles. The maximum atomic E-state index is 13.3. The highest BCUT2D eigenvalue weighted by Gasteiger charge is 2.77. The van der Waals surface area contributed by atoms with Crippen LogP contribution < -0.4 is 4.74 Å². The maximum absolute atomic E-state index is 13.3. The number of rotatable bonds is 3. The molecular formula is C30H39N3O4. The molecule has 7 aliphatic rings. The van der Waals surface area contributed by atoms with E-state index in [2.05, 4.69) is 22.9 Å². The molecule has 0 unspecified atom stereocenters. The lowest BCUT2D eigenvalue weighted by Gasteiger charge is -2.68. The van der Waals surface area contributed by atoms with Gasteiger partial charge in [0.25, 0.3) is 0 Å². The van der Waals surface area contributed by atoms with Crippen molar-refractivity contribution in [2.75, 3.05) is 46.3 Å². The highest BCUT2D eigenvalue weighted by atomic mass is 16.5. The van der Waals surface area contributed by atoms with Gasteiger partial charge in [0.15, 0.2) is 11.5 Å². The number of carbonyl (C=O) groups excluding carboxylic acids is 1. The van der Waals surface area contributed by atoms with Crippen molar-refractivity contribution >= 4 is 5.91 Å². The molecular weight excluding hydrogens is 466 g/mol. The maximum Gasteiger partial charge on any atom is 0.246 e. The molecule has 5 atom stereocenters. The van der Waals surface area contributed by atoms with Gasteiger partial charge >= 0.3 is 0 Å². The van der Waals surface area contributed by atoms with E-state index < -0.39 is 11.0 Å². The van der Waals surface area contributed by atoms with Gasteiger partial charge in [-0.25, -0.2) is 0 Å². The number of phenols is 1. The topological polar surface area (TPSA) is 76.5 Å². The van der Waals surface area contributed by atoms with Crippen molar-refractivity contribution in [1.29, 1.82) is 0 Å². The Labute approximate surface area is 219 Å². The Hall–Kier alpha value is -2.09. The Morgan fingerprint density at radius 3 is 2.65 bits per heavy atom. The van der Waals surface area contributed by atoms with Crippen LogP contribution in [-0.2, 0) is 16.6 Å². The molecule has 1 aromatic rings. The molecule has 2 bridgehead atoms. The average Bonchev–Trinajstić information content (AvgIpc) is 3.62. The van der Waals surface area contributed by atoms with Crippen molar-refractivity contribution in [1.82, 2.24) is 14.7 Å². The van der Waals surface area contributed by atoms with Crippen LogP contribution in [0.4, 0.5) is 0 Å². The summed E-state index contributed by atoms with van der Waals surface area (Å²) in [4.78, 5) is 20.2. The molecule has 3 aliphatic heterocycles. The predicted octanol–water partition coefficient (Wildman–Crippen LogP) is 2.44. The fourth-order valence-corrected chi connectivity index (χ4v) is 9.27. The highest BCUT2D eigenvalue weighted by Crippen LogP contribution is 2.72. The van der Waals surface area contributed by atoms with Gasteiger partial charge in [-0.05, 0) is 82.5 Å². The number of aliphatic hydroxyl groups is 1. The molecule has 1 aromatic carbocycles. The van der Waals surface area contributed by atoms with Crippen molar-refractivity contribution in [2.45, 2.75) is 74.5 Å². The molecule has 8 rings (SSSR count). The number of fused-ring (bicyclic) bond motifs is 1. The summed E-state index contributed by atoms with van der Waals surface area (Å²) in [6, 6.07) is 3.95. The lowest BCUT2D eigenvalue weighted by molar-refractivity contribution is -0.218. The van der Waals surface area contributed by atoms with E-state index in [9.17, 15) is 15.0 Å². The number of phenolic OH excluding ortho intramolecular Hbond substituents is 1. The summed E-state index contributed by atoms with van der Waals surface area (Å²) < 4.78 is 6.83. The molecule has 3 saturated carbocycles. The van der Waals surface area contributed by atoms with Crippen LogP contribution in [0.1, 0.15) is 56.1 Å². The Bertz CT molecular complexity index is 1200. The first-order valence-electron chi connectivity index (χ1n) is 14.5. The molecule has 5 fully saturated rings. The number of nitrogens with zero attached hydrogens (tertiary/aromatic N) is 3. The largest absolute Gasteiger partial charge is 0.504 e. The summed E-state index contributed by atoms with van der Waals surface area (Å²) in [7, 11) is 2.11. The quantitative estimate of drug-likeness (QED) is 0.615. The van der Waals surface area contributed by atoms with Crippen LogP contribution in [0.5, 0.6) is 11.5 Å². The second kappa shape index (κ2) is 7.51. The lowest BCUT2D eigenvalue weighted by Crippen LogP contribution is -2.78. The SMILES string of the molecule is CN1CCN(C(=O)/C=C2\CC[C@]23CC[C@@]2(O)[C@H]4Cc5ccc(O)c6c5[C@@]2(CCN4CC2CC2)[C@H]3O6)CC1. The second-order valence-corrected chi connectivity index (χ2v) is 13.2. The van der Waals surface area contributed by atoms with Gasteiger partial charge in [-0.1, -0.05) is 11.6 Å². The molecule has 37 heavy (non-hydrogen) atoms. The smallest absolute Gasteiger partial charge is 0.246 e. The number of ether oxygens (including phenoxy) is 1. The van der Waals surface area contributed by atoms with E-state index in [1.807, 2.05) is 11.0 Å². The summed E-state index contributed by atoms with van der Waals surface area (Å²) >= 11 is 0. The molecule has 2 N–H and O–H groups in total. The Balaban J connectivity index is 1.20. The van der Waals surface area contributed by atoms with E-state index in [1.165, 1.54) is 24.0 Å². The monoisotopic (exact) mass is 505 g/mol. The van der Waals surface area contributed by atoms with Gasteiger partial charge < -0.3 is 24.7 Å². The third kappa shape index (κ3) is 2.86. The van der Waals surface area contributed by atoms with Crippen LogP contribution in [0, 0.1) is 11.3 Å². The zero-order valence-corrected chi connectivity index (χ0v) is 21.9. The average molecular weight is 506 g/mol. The summed E-state index contributed by atoms with van der Waals surface area (Å²) in [5.74, 6) is 1.70. The standard InChI is InChI=1S/C30H39N3O4/c1-31-12-14-32(15-13-31)24(35)17-21-6-7-28(21)8-9-30(36)23-16-20-4-5-22(34)26-25(20)29(30,27(28)37-26)10-11-33(23)18-19-2-3-19/h4-5,17,19,23,27,34,36H,2-3,6-16,18H2,1H3/b21-17+/t23-,27+,28+,29+,30-/m1/s1. The number of piperazine rings is 1. The predicted molar refractivity (Wildman–Crippen MR) is 139 cm³/mol. The van der Waals surface area contributed by atoms with Gasteiger partial charge in [-0.15, -0.1) is 0 Å². The first kappa shape index (κ1) is 22.9. The summed E-state index contributed by atoms with van der Waals surface area (Å²) in [5, 5.41) is 23.7. The number of amides is 1. The number of benzene rings is 1. The Kier molecular flexibility index (Phi) is 4.64. The van der Waals surface area contributed by atoms with Crippen LogP contribution in [0.3, 0.4) is 0 Å². The molecule has 2 spiro atoms. The van der Waals surface area contributed by atoms with Crippen molar-refractivity contribution in [2.24, 2.45) is 11.3 Å². The first-order valence-corrected chi connectivity index (χ1v) is 14.5. The van der Waals surface area contributed by atoms with E-state index >= 15 is 0 Å². The molecule has 198 valence electrons. The third-order valence-electron chi connectivity index (χ3n) is 11.6. The van der Waals surface area contributed by atoms with Crippen LogP contribution >= 0.6 is 0 Å². The van der Waals surface area contributed by atoms with E-state index in [0.29, 0.717) is 5.75 Å². The number of likely N-dealkylation sites (N-methyl/N-ethyl adjacent to an activating group) is 1. The van der Waals surface area contributed by atoms with Gasteiger partial charge in [-0.2, -0.15) is 0 Å². The van der Waals surface area contributed by atoms with E-state index in [0.717, 1.165) is 89.3 Å². The Morgan fingerprint density at radius 2 is 1.92 bits per heavy atom. The number of hydrogen-bond donors (Lipinski definition) is 2. The molecule has 0 radical (unpaired) electrons. The van der Waals surface area contributed by atoms with E-state index in [4.69, 9.17) is 4.74 Å². The molecule has 2 saturated heterocycles. The second-order valence-electron chi connectivity index (χ2n) is 13.2. The minimum atomic E-state index is -0.871. The number of hydrogen-bond acceptors (Lipinski definition) is 6. The highest BCUT2D eigenvalue weighted by molar-refractivity contribution is 5.89. The molecule has 7 nitrogen and oxygen atoms in total. The first-order chi connectivity index (χ1) is 17.9. The number of aromatic hydroxyl groups is 1. The number of likely N-dealkylation sites (tertiary alicyclic amines) is 1. The summed E-state index contributed by atoms with van der Waals surface area (Å²) in [5.41, 5.74) is 1.89. The molecule has 4 aliphatic carbocycles. The van der Waals surface area contributed by atoms with Gasteiger partial charge in [0, 0.05) is 55.8 Å². The minimum Gasteiger partial charge on any atom is -0.504 e. The minimum absolute atomic E-state index is 0.0905. The number of piperidine rings is 1. The zero-order chi connectivity index (χ0) is 25.2. The fourth-order valence-electron chi connectivity index (χ4n) is 9.27. The van der Waals surface area contributed by atoms with E-state index in [1.54, 1.807) is 6.07 Å². The van der Waals surface area contributed by atoms with Crippen LogP contribution in [0.25, 0.3) is 0 Å². The van der Waals surface area contributed by atoms with Crippen LogP contribution in [0.2, 0.25) is 0 Å². The van der Waals surface area contributed by atoms with Crippen molar-refractivity contribution < 1.29 is 19.7 Å². The zero-order valence-electron chi connectivity index (χ0n) is 21.9. The lowest BCUT2D eigenvalue weighted by atomic mass is 9.40. The normalized spacial score (nSPS) is 41.5. The fraction of sp³-hybridized carbons (Fsp3) is 0.700. The van der Waals surface area contributed by atoms with Crippen LogP contribution in [-0.4, -0.2) is 94.9 Å². The number of carbonyl (C=O) groups is 1. The summed E-state index contributed by atoms with van der Waals surface area (Å²) in [6.45, 7) is 5.43. The van der Waals surface area contributed by atoms with E-state index in [-0.39, 0.29) is 29.2 Å². The van der Waals surface area contributed by atoms with Crippen molar-refractivity contribution in [3.63, 3.8) is 0 Å². The molecule has 1 amide bonds. The van der Waals surface area contributed by atoms with Gasteiger partial charge in [-0.3, -0.25) is 9.69 Å². The summed E-state index contributed by atoms with van der Waals surface area (Å²) in [6.07, 6.45) is 9.46. The Morgan fingerprint density at radius 1 is 1.11 bits per heavy atom.